The van der Waals surface area contributed by atoms with Crippen LogP contribution in [-0.4, -0.2) is 13.3 Å². The predicted molar refractivity (Wildman–Crippen MR) is 38.5 cm³/mol. The van der Waals surface area contributed by atoms with Crippen molar-refractivity contribution >= 4 is 22.6 Å². The van der Waals surface area contributed by atoms with Crippen molar-refractivity contribution in [2.24, 2.45) is 5.10 Å². The molecule has 1 aliphatic heterocycles. The van der Waals surface area contributed by atoms with Gasteiger partial charge in [-0.15, -0.1) is 0 Å². The first-order valence-electron chi connectivity index (χ1n) is 2.83. The van der Waals surface area contributed by atoms with Crippen molar-refractivity contribution < 1.29 is 5.01 Å². The van der Waals surface area contributed by atoms with Gasteiger partial charge in [0.1, 0.15) is 0 Å². The van der Waals surface area contributed by atoms with Crippen LogP contribution in [0.5, 0.6) is 0 Å². The highest BCUT2D eigenvalue weighted by Gasteiger charge is 2.17. The summed E-state index contributed by atoms with van der Waals surface area (Å²) in [6.45, 7) is 0. The van der Waals surface area contributed by atoms with E-state index in [2.05, 4.69) is 16.5 Å². The lowest BCUT2D eigenvalue weighted by Gasteiger charge is -1.94. The average molecular weight is 139 g/mol. The first-order chi connectivity index (χ1) is 4.38. The molecule has 0 aromatic carbocycles. The first kappa shape index (κ1) is 5.14. The van der Waals surface area contributed by atoms with Crippen LogP contribution in [0.4, 0.5) is 5.00 Å². The van der Waals surface area contributed by atoms with Gasteiger partial charge in [-0.05, 0) is 11.4 Å². The Hall–Kier alpha value is -0.670. The van der Waals surface area contributed by atoms with Crippen LogP contribution >= 0.6 is 11.3 Å². The number of hydrogen-bond donors (Lipinski definition) is 1. The molecule has 0 spiro atoms. The smallest absolute Gasteiger partial charge is 0.170 e. The van der Waals surface area contributed by atoms with E-state index in [9.17, 15) is 0 Å². The number of quaternary nitrogens is 1. The van der Waals surface area contributed by atoms with Crippen LogP contribution in [0.3, 0.4) is 0 Å². The Morgan fingerprint density at radius 2 is 2.56 bits per heavy atom. The second-order valence-corrected chi connectivity index (χ2v) is 2.96. The summed E-state index contributed by atoms with van der Waals surface area (Å²) in [6, 6.07) is 2.10. The molecule has 46 valence electrons. The number of nitrogens with one attached hydrogen (secondary N) is 1. The molecule has 1 unspecified atom stereocenters. The molecule has 2 rings (SSSR count). The van der Waals surface area contributed by atoms with E-state index in [1.54, 1.807) is 11.3 Å². The Morgan fingerprint density at radius 3 is 3.33 bits per heavy atom. The second-order valence-electron chi connectivity index (χ2n) is 2.05. The fraction of sp³-hybridized carbons (Fsp3) is 0.167. The minimum absolute atomic E-state index is 1.15. The zero-order valence-electron chi connectivity index (χ0n) is 5.09. The van der Waals surface area contributed by atoms with Gasteiger partial charge < -0.3 is 0 Å². The van der Waals surface area contributed by atoms with Crippen molar-refractivity contribution in [2.45, 2.75) is 0 Å². The maximum Gasteiger partial charge on any atom is 0.221 e. The highest BCUT2D eigenvalue weighted by molar-refractivity contribution is 7.13. The van der Waals surface area contributed by atoms with E-state index in [4.69, 9.17) is 0 Å². The van der Waals surface area contributed by atoms with Crippen LogP contribution in [0.25, 0.3) is 0 Å². The Morgan fingerprint density at radius 1 is 1.67 bits per heavy atom. The van der Waals surface area contributed by atoms with E-state index in [0.717, 1.165) is 5.01 Å². The maximum atomic E-state index is 4.17. The summed E-state index contributed by atoms with van der Waals surface area (Å²) in [5.41, 5.74) is 1.28. The van der Waals surface area contributed by atoms with Gasteiger partial charge in [-0.3, -0.25) is 0 Å². The van der Waals surface area contributed by atoms with E-state index in [1.807, 2.05) is 13.3 Å². The molecule has 3 heteroatoms. The molecule has 1 aromatic heterocycles. The van der Waals surface area contributed by atoms with Crippen molar-refractivity contribution in [1.82, 2.24) is 0 Å². The molecular formula is C6H7N2S+. The van der Waals surface area contributed by atoms with E-state index in [0.29, 0.717) is 0 Å². The van der Waals surface area contributed by atoms with E-state index in [-0.39, 0.29) is 0 Å². The molecule has 0 saturated heterocycles. The van der Waals surface area contributed by atoms with Gasteiger partial charge in [-0.2, -0.15) is 5.01 Å². The third kappa shape index (κ3) is 0.620. The van der Waals surface area contributed by atoms with Crippen LogP contribution in [0.15, 0.2) is 16.5 Å². The predicted octanol–water partition coefficient (Wildman–Crippen LogP) is 0.242. The normalized spacial score (nSPS) is 22.6. The molecule has 1 aliphatic rings. The van der Waals surface area contributed by atoms with E-state index < -0.39 is 0 Å². The van der Waals surface area contributed by atoms with Gasteiger partial charge in [0.2, 0.25) is 5.00 Å². The molecule has 0 aliphatic carbocycles. The molecule has 0 amide bonds. The lowest BCUT2D eigenvalue weighted by atomic mass is 10.4. The lowest BCUT2D eigenvalue weighted by molar-refractivity contribution is -0.811. The molecule has 2 nitrogen and oxygen atoms in total. The van der Waals surface area contributed by atoms with Crippen molar-refractivity contribution in [3.63, 3.8) is 0 Å². The molecule has 0 bridgehead atoms. The first-order valence-corrected chi connectivity index (χ1v) is 3.71. The number of rotatable bonds is 0. The molecule has 9 heavy (non-hydrogen) atoms. The minimum atomic E-state index is 1.15. The topological polar surface area (TPSA) is 16.8 Å². The summed E-state index contributed by atoms with van der Waals surface area (Å²) >= 11 is 1.76. The van der Waals surface area contributed by atoms with Crippen LogP contribution in [0, 0.1) is 0 Å². The Balaban J connectivity index is 2.60. The van der Waals surface area contributed by atoms with Gasteiger partial charge in [0, 0.05) is 0 Å². The van der Waals surface area contributed by atoms with Gasteiger partial charge >= 0.3 is 0 Å². The third-order valence-corrected chi connectivity index (χ3v) is 2.46. The average Bonchev–Trinajstić information content (AvgIpc) is 2.35. The fourth-order valence-corrected chi connectivity index (χ4v) is 1.77. The Labute approximate surface area is 57.4 Å². The summed E-state index contributed by atoms with van der Waals surface area (Å²) in [6.07, 6.45) is 1.92. The summed E-state index contributed by atoms with van der Waals surface area (Å²) in [7, 11) is 2.04. The molecule has 1 N–H and O–H groups in total. The molecule has 2 heterocycles. The van der Waals surface area contributed by atoms with Crippen molar-refractivity contribution in [1.29, 1.82) is 0 Å². The van der Waals surface area contributed by atoms with Crippen LogP contribution in [0.1, 0.15) is 5.56 Å². The number of thiophene rings is 1. The van der Waals surface area contributed by atoms with Gasteiger partial charge in [-0.25, -0.2) is 0 Å². The summed E-state index contributed by atoms with van der Waals surface area (Å²) < 4.78 is 0. The summed E-state index contributed by atoms with van der Waals surface area (Å²) in [5.74, 6) is 0. The van der Waals surface area contributed by atoms with E-state index in [1.165, 1.54) is 10.6 Å². The maximum absolute atomic E-state index is 4.17. The molecular weight excluding hydrogens is 132 g/mol. The number of fused-ring (bicyclic) bond motifs is 1. The second kappa shape index (κ2) is 1.65. The van der Waals surface area contributed by atoms with Crippen LogP contribution < -0.4 is 5.01 Å². The zero-order valence-corrected chi connectivity index (χ0v) is 5.90. The summed E-state index contributed by atoms with van der Waals surface area (Å²) in [5, 5.41) is 8.74. The standard InChI is InChI=1S/C6H6N2S/c1-8-6-5(4-7-8)2-3-9-6/h2-4H,1H3/p+1. The van der Waals surface area contributed by atoms with Crippen molar-refractivity contribution in [3.05, 3.63) is 17.0 Å². The zero-order chi connectivity index (χ0) is 6.27. The van der Waals surface area contributed by atoms with Gasteiger partial charge in [-0.1, -0.05) is 16.4 Å². The van der Waals surface area contributed by atoms with E-state index >= 15 is 0 Å². The largest absolute Gasteiger partial charge is 0.221 e. The highest BCUT2D eigenvalue weighted by Crippen LogP contribution is 2.18. The number of hydrogen-bond acceptors (Lipinski definition) is 2. The van der Waals surface area contributed by atoms with Gasteiger partial charge in [0.25, 0.3) is 0 Å². The van der Waals surface area contributed by atoms with Crippen molar-refractivity contribution in [2.75, 3.05) is 7.05 Å². The monoisotopic (exact) mass is 139 g/mol. The van der Waals surface area contributed by atoms with Crippen LogP contribution in [0.2, 0.25) is 0 Å². The SMILES string of the molecule is C[NH+]1N=Cc2ccsc21. The quantitative estimate of drug-likeness (QED) is 0.530. The molecule has 0 fully saturated rings. The highest BCUT2D eigenvalue weighted by atomic mass is 32.1. The third-order valence-electron chi connectivity index (χ3n) is 1.42. The fourth-order valence-electron chi connectivity index (χ4n) is 0.940. The number of nitrogens with zero attached hydrogens (tertiary/aromatic N) is 1. The van der Waals surface area contributed by atoms with Gasteiger partial charge in [0.05, 0.1) is 18.8 Å². The van der Waals surface area contributed by atoms with Crippen LogP contribution in [-0.2, 0) is 0 Å². The minimum Gasteiger partial charge on any atom is -0.170 e. The summed E-state index contributed by atoms with van der Waals surface area (Å²) in [4.78, 5) is 0. The van der Waals surface area contributed by atoms with Gasteiger partial charge in [0.15, 0.2) is 0 Å². The van der Waals surface area contributed by atoms with Crippen molar-refractivity contribution in [3.8, 4) is 0 Å². The molecule has 0 saturated carbocycles. The lowest BCUT2D eigenvalue weighted by Crippen LogP contribution is -2.97. The molecule has 1 atom stereocenters. The molecule has 1 aromatic rings. The molecule has 0 radical (unpaired) electrons. The Bertz CT molecular complexity index is 251. The Kier molecular flexibility index (Phi) is 0.944.